The van der Waals surface area contributed by atoms with E-state index >= 15 is 0 Å². The first-order chi connectivity index (χ1) is 46.0. The summed E-state index contributed by atoms with van der Waals surface area (Å²) in [5, 5.41) is 0. The predicted molar refractivity (Wildman–Crippen MR) is 403 cm³/mol. The lowest BCUT2D eigenvalue weighted by Gasteiger charge is -2.40. The van der Waals surface area contributed by atoms with E-state index in [0.717, 1.165) is 0 Å². The molecular formula is C95H100. The Morgan fingerprint density at radius 1 is 0.147 bits per heavy atom. The van der Waals surface area contributed by atoms with Gasteiger partial charge in [-0.2, -0.15) is 0 Å². The molecule has 5 saturated carbocycles. The van der Waals surface area contributed by atoms with Crippen LogP contribution in [0.1, 0.15) is 240 Å². The quantitative estimate of drug-likeness (QED) is 0.142. The molecule has 0 unspecified atom stereocenters. The summed E-state index contributed by atoms with van der Waals surface area (Å²) in [7, 11) is 0. The summed E-state index contributed by atoms with van der Waals surface area (Å²) in [5.41, 5.74) is 46.6. The van der Waals surface area contributed by atoms with Gasteiger partial charge in [0.1, 0.15) is 0 Å². The number of aryl methyl sites for hydroxylation is 10. The molecule has 0 nitrogen and oxygen atoms in total. The Morgan fingerprint density at radius 3 is 0.411 bits per heavy atom. The molecule has 0 amide bonds. The molecule has 10 aromatic carbocycles. The van der Waals surface area contributed by atoms with Crippen molar-refractivity contribution >= 4 is 0 Å². The van der Waals surface area contributed by atoms with Gasteiger partial charge in [0, 0.05) is 27.1 Å². The van der Waals surface area contributed by atoms with E-state index in [-0.39, 0.29) is 0 Å². The molecule has 480 valence electrons. The van der Waals surface area contributed by atoms with E-state index in [1.807, 2.05) is 0 Å². The zero-order valence-corrected chi connectivity index (χ0v) is 59.0. The molecule has 0 heterocycles. The van der Waals surface area contributed by atoms with Gasteiger partial charge in [0.25, 0.3) is 0 Å². The van der Waals surface area contributed by atoms with Crippen molar-refractivity contribution in [2.45, 2.75) is 225 Å². The summed E-state index contributed by atoms with van der Waals surface area (Å²) in [4.78, 5) is 0. The molecule has 20 rings (SSSR count). The molecule has 5 spiro atoms. The minimum Gasteiger partial charge on any atom is -0.0587 e. The average Bonchev–Trinajstić information content (AvgIpc) is 1.56. The molecule has 0 bridgehead atoms. The largest absolute Gasteiger partial charge is 0.0587 e. The molecule has 0 N–H and O–H groups in total. The fourth-order valence-corrected chi connectivity index (χ4v) is 20.4. The minimum atomic E-state index is 0.305. The summed E-state index contributed by atoms with van der Waals surface area (Å²) >= 11 is 0. The van der Waals surface area contributed by atoms with Crippen molar-refractivity contribution in [1.29, 1.82) is 0 Å². The van der Waals surface area contributed by atoms with Gasteiger partial charge >= 0.3 is 0 Å². The van der Waals surface area contributed by atoms with E-state index in [9.17, 15) is 0 Å². The first-order valence-corrected chi connectivity index (χ1v) is 37.2. The van der Waals surface area contributed by atoms with Gasteiger partial charge in [-0.05, 0) is 245 Å². The van der Waals surface area contributed by atoms with Crippen LogP contribution in [0.4, 0.5) is 0 Å². The number of hydrogen-bond acceptors (Lipinski definition) is 0. The Morgan fingerprint density at radius 2 is 0.274 bits per heavy atom. The summed E-state index contributed by atoms with van der Waals surface area (Å²) < 4.78 is 0. The second-order valence-electron chi connectivity index (χ2n) is 31.9. The molecule has 0 aromatic heterocycles. The van der Waals surface area contributed by atoms with Crippen molar-refractivity contribution in [3.05, 3.63) is 293 Å². The number of fused-ring (bicyclic) bond motifs is 25. The monoisotopic (exact) mass is 1240 g/mol. The lowest BCUT2D eigenvalue weighted by molar-refractivity contribution is 0.308. The second kappa shape index (κ2) is 23.8. The molecule has 10 aliphatic carbocycles. The lowest BCUT2D eigenvalue weighted by Crippen LogP contribution is -2.33. The maximum atomic E-state index is 2.47. The van der Waals surface area contributed by atoms with Crippen LogP contribution in [0.15, 0.2) is 182 Å². The standard InChI is InChI=1S/C21H24.C20H22.C19H20.C18H18.C17H16/c1-15-7-9-17-18-10-8-16(2)14-20(18)21(19(17)13-15)11-5-3-4-6-12-21;1-14-6-8-16-17-9-7-15(2)13-19(17)20(18(16)12-14)10-4-3-5-11-20;1-13-5-7-15-16-8-6-14(2)12-18(16)19(17(15)11-13)9-3-4-10-19;1-12-4-6-14-15-7-5-13(2)11-17(15)18(8-3-9-18)16(14)10-12;1-11-3-5-13-14-6-4-12(2)10-16(14)17(7-8-17)15(13)9-11/h7-10,13-14H,3-6,11-12H2,1-2H3;6-9,12-13H,3-5,10-11H2,1-2H3;5-8,11-12H,3-4,9-10H2,1-2H3;4-7,10-11H,3,8-9H2,1-2H3;3-6,9-10H,7-8H2,1-2H3. The van der Waals surface area contributed by atoms with E-state index in [1.165, 1.54) is 240 Å². The van der Waals surface area contributed by atoms with E-state index in [2.05, 4.69) is 251 Å². The molecule has 5 fully saturated rings. The van der Waals surface area contributed by atoms with Crippen molar-refractivity contribution < 1.29 is 0 Å². The highest BCUT2D eigenvalue weighted by Crippen LogP contribution is 2.64. The highest BCUT2D eigenvalue weighted by atomic mass is 14.6. The van der Waals surface area contributed by atoms with Crippen LogP contribution < -0.4 is 0 Å². The van der Waals surface area contributed by atoms with Crippen molar-refractivity contribution in [3.63, 3.8) is 0 Å². The zero-order chi connectivity index (χ0) is 65.2. The smallest absolute Gasteiger partial charge is 0.0216 e. The van der Waals surface area contributed by atoms with Gasteiger partial charge in [0.2, 0.25) is 0 Å². The molecule has 0 heteroatoms. The number of hydrogen-bond donors (Lipinski definition) is 0. The third kappa shape index (κ3) is 10.2. The molecule has 10 aliphatic rings. The van der Waals surface area contributed by atoms with Crippen LogP contribution in [0.5, 0.6) is 0 Å². The minimum absolute atomic E-state index is 0.305. The highest BCUT2D eigenvalue weighted by Gasteiger charge is 2.53. The maximum absolute atomic E-state index is 2.47. The SMILES string of the molecule is Cc1ccc2c(c1)C1(CC1)c1cc(C)ccc1-2.Cc1ccc2c(c1)C1(CCC1)c1cc(C)ccc1-2.Cc1ccc2c(c1)C1(CCCC1)c1cc(C)ccc1-2.Cc1ccc2c(c1)C1(CCCCC1)c1cc(C)ccc1-2.Cc1ccc2c(c1)C1(CCCCCC1)c1cc(C)ccc1-2. The van der Waals surface area contributed by atoms with Crippen molar-refractivity contribution in [2.24, 2.45) is 0 Å². The van der Waals surface area contributed by atoms with Crippen LogP contribution in [0.2, 0.25) is 0 Å². The molecular weight excluding hydrogens is 1140 g/mol. The summed E-state index contributed by atoms with van der Waals surface area (Å²) in [6.45, 7) is 22.2. The van der Waals surface area contributed by atoms with Gasteiger partial charge in [0.15, 0.2) is 0 Å². The fraction of sp³-hybridized carbons (Fsp3) is 0.368. The van der Waals surface area contributed by atoms with Crippen LogP contribution in [-0.4, -0.2) is 0 Å². The highest BCUT2D eigenvalue weighted by molar-refractivity contribution is 5.87. The van der Waals surface area contributed by atoms with Gasteiger partial charge in [-0.25, -0.2) is 0 Å². The molecule has 95 heavy (non-hydrogen) atoms. The Kier molecular flexibility index (Phi) is 15.5. The van der Waals surface area contributed by atoms with Gasteiger partial charge in [-0.1, -0.05) is 302 Å². The Hall–Kier alpha value is -7.80. The second-order valence-corrected chi connectivity index (χ2v) is 31.9. The lowest BCUT2D eigenvalue weighted by atomic mass is 9.62. The Balaban J connectivity index is 0.0000000938. The summed E-state index contributed by atoms with van der Waals surface area (Å²) in [6.07, 6.45) is 27.2. The number of rotatable bonds is 0. The van der Waals surface area contributed by atoms with Crippen LogP contribution in [0.25, 0.3) is 55.6 Å². The van der Waals surface area contributed by atoms with Crippen LogP contribution >= 0.6 is 0 Å². The maximum Gasteiger partial charge on any atom is 0.0216 e. The Labute approximate surface area is 570 Å². The normalized spacial score (nSPS) is 18.6. The first kappa shape index (κ1) is 62.0. The van der Waals surface area contributed by atoms with E-state index < -0.39 is 0 Å². The zero-order valence-electron chi connectivity index (χ0n) is 59.0. The first-order valence-electron chi connectivity index (χ1n) is 37.2. The van der Waals surface area contributed by atoms with Crippen molar-refractivity contribution in [2.75, 3.05) is 0 Å². The van der Waals surface area contributed by atoms with Crippen LogP contribution in [0.3, 0.4) is 0 Å². The average molecular weight is 1240 g/mol. The van der Waals surface area contributed by atoms with Gasteiger partial charge < -0.3 is 0 Å². The summed E-state index contributed by atoms with van der Waals surface area (Å²) in [6, 6.07) is 70.3. The predicted octanol–water partition coefficient (Wildman–Crippen LogP) is 25.7. The third-order valence-corrected chi connectivity index (χ3v) is 25.4. The van der Waals surface area contributed by atoms with E-state index in [1.54, 1.807) is 55.6 Å². The molecule has 0 radical (unpaired) electrons. The van der Waals surface area contributed by atoms with Crippen LogP contribution in [0, 0.1) is 69.2 Å². The third-order valence-electron chi connectivity index (χ3n) is 25.4. The topological polar surface area (TPSA) is 0 Å². The summed E-state index contributed by atoms with van der Waals surface area (Å²) in [5.74, 6) is 0. The van der Waals surface area contributed by atoms with E-state index in [0.29, 0.717) is 27.1 Å². The van der Waals surface area contributed by atoms with Gasteiger partial charge in [-0.3, -0.25) is 0 Å². The van der Waals surface area contributed by atoms with Crippen LogP contribution in [-0.2, 0) is 27.1 Å². The fourth-order valence-electron chi connectivity index (χ4n) is 20.4. The van der Waals surface area contributed by atoms with Crippen molar-refractivity contribution in [1.82, 2.24) is 0 Å². The molecule has 0 atom stereocenters. The van der Waals surface area contributed by atoms with Crippen molar-refractivity contribution in [3.8, 4) is 55.6 Å². The van der Waals surface area contributed by atoms with Gasteiger partial charge in [-0.15, -0.1) is 0 Å². The van der Waals surface area contributed by atoms with E-state index in [4.69, 9.17) is 0 Å². The van der Waals surface area contributed by atoms with Gasteiger partial charge in [0.05, 0.1) is 0 Å². The Bertz CT molecular complexity index is 4400. The number of benzene rings is 10. The molecule has 0 aliphatic heterocycles. The molecule has 0 saturated heterocycles. The molecule has 10 aromatic rings.